The highest BCUT2D eigenvalue weighted by atomic mass is 32.2. The maximum atomic E-state index is 13.7. The molecular weight excluding hydrogens is 583 g/mol. The van der Waals surface area contributed by atoms with Crippen molar-refractivity contribution in [3.05, 3.63) is 83.4 Å². The molecule has 1 saturated heterocycles. The third-order valence-electron chi connectivity index (χ3n) is 9.68. The summed E-state index contributed by atoms with van der Waals surface area (Å²) in [6.07, 6.45) is 2.95. The fourth-order valence-corrected chi connectivity index (χ4v) is 10.0. The maximum absolute atomic E-state index is 13.7. The molecule has 228 valence electrons. The second-order valence-corrected chi connectivity index (χ2v) is 17.0. The molecule has 43 heavy (non-hydrogen) atoms. The summed E-state index contributed by atoms with van der Waals surface area (Å²) in [6.45, 7) is 8.46. The molecule has 0 radical (unpaired) electrons. The molecule has 1 saturated carbocycles. The molecule has 0 bridgehead atoms. The number of benzene rings is 3. The van der Waals surface area contributed by atoms with E-state index < -0.39 is 25.1 Å². The van der Waals surface area contributed by atoms with Crippen LogP contribution in [0.5, 0.6) is 0 Å². The minimum absolute atomic E-state index is 0.127. The molecule has 2 aliphatic carbocycles. The minimum atomic E-state index is -3.80. The highest BCUT2D eigenvalue weighted by molar-refractivity contribution is 7.92. The largest absolute Gasteiger partial charge is 0.410 e. The second kappa shape index (κ2) is 11.1. The van der Waals surface area contributed by atoms with Crippen molar-refractivity contribution in [2.45, 2.75) is 67.5 Å². The van der Waals surface area contributed by atoms with E-state index in [1.807, 2.05) is 18.2 Å². The van der Waals surface area contributed by atoms with Crippen LogP contribution in [-0.2, 0) is 19.9 Å². The van der Waals surface area contributed by atoms with E-state index in [0.717, 1.165) is 18.4 Å². The van der Waals surface area contributed by atoms with Crippen LogP contribution in [0.4, 0.5) is 0 Å². The lowest BCUT2D eigenvalue weighted by molar-refractivity contribution is 0.146. The standard InChI is InChI=1S/C33H39N3O5S2/c1-23(24-7-5-4-6-8-24)35-17-19-36(20-18-35)43(40,41)27-10-12-29-28-11-9-26(21-30(28)32(34-37)31(29)22-27)42(38,39)25-13-15-33(2,3)16-14-25/h4-12,21-23,25,37H,13-20H2,1-3H3. The van der Waals surface area contributed by atoms with Crippen molar-refractivity contribution in [2.75, 3.05) is 26.2 Å². The Kier molecular flexibility index (Phi) is 7.77. The van der Waals surface area contributed by atoms with E-state index in [-0.39, 0.29) is 27.0 Å². The van der Waals surface area contributed by atoms with E-state index >= 15 is 0 Å². The quantitative estimate of drug-likeness (QED) is 0.219. The molecule has 0 aromatic heterocycles. The van der Waals surface area contributed by atoms with E-state index in [2.05, 4.69) is 43.0 Å². The van der Waals surface area contributed by atoms with Crippen LogP contribution >= 0.6 is 0 Å². The van der Waals surface area contributed by atoms with Crippen molar-refractivity contribution >= 4 is 25.6 Å². The second-order valence-electron chi connectivity index (χ2n) is 12.8. The Balaban J connectivity index is 1.23. The molecule has 6 rings (SSSR count). The van der Waals surface area contributed by atoms with Gasteiger partial charge in [0.15, 0.2) is 9.84 Å². The molecule has 1 N–H and O–H groups in total. The third-order valence-corrected chi connectivity index (χ3v) is 13.8. The number of sulfonamides is 1. The van der Waals surface area contributed by atoms with Gasteiger partial charge < -0.3 is 5.21 Å². The Morgan fingerprint density at radius 1 is 0.791 bits per heavy atom. The monoisotopic (exact) mass is 621 g/mol. The van der Waals surface area contributed by atoms with Crippen LogP contribution < -0.4 is 0 Å². The maximum Gasteiger partial charge on any atom is 0.243 e. The first-order valence-corrected chi connectivity index (χ1v) is 18.0. The van der Waals surface area contributed by atoms with Crippen LogP contribution in [0.25, 0.3) is 11.1 Å². The normalized spacial score (nSPS) is 21.4. The van der Waals surface area contributed by atoms with E-state index in [4.69, 9.17) is 0 Å². The van der Waals surface area contributed by atoms with E-state index in [1.54, 1.807) is 36.4 Å². The van der Waals surface area contributed by atoms with Gasteiger partial charge in [-0.2, -0.15) is 4.31 Å². The molecule has 3 aromatic carbocycles. The average molecular weight is 622 g/mol. The molecule has 1 heterocycles. The molecular formula is C33H39N3O5S2. The van der Waals surface area contributed by atoms with Gasteiger partial charge in [-0.25, -0.2) is 16.8 Å². The Hall–Kier alpha value is -3.05. The smallest absolute Gasteiger partial charge is 0.243 e. The third kappa shape index (κ3) is 5.43. The van der Waals surface area contributed by atoms with Gasteiger partial charge >= 0.3 is 0 Å². The number of hydrogen-bond acceptors (Lipinski definition) is 7. The molecule has 8 nitrogen and oxygen atoms in total. The first-order valence-electron chi connectivity index (χ1n) is 15.0. The summed E-state index contributed by atoms with van der Waals surface area (Å²) in [5.41, 5.74) is 3.94. The van der Waals surface area contributed by atoms with Crippen LogP contribution in [0, 0.1) is 5.41 Å². The van der Waals surface area contributed by atoms with Gasteiger partial charge in [-0.3, -0.25) is 4.90 Å². The highest BCUT2D eigenvalue weighted by Crippen LogP contribution is 2.42. The Morgan fingerprint density at radius 3 is 1.93 bits per heavy atom. The van der Waals surface area contributed by atoms with Crippen molar-refractivity contribution in [2.24, 2.45) is 10.6 Å². The summed E-state index contributed by atoms with van der Waals surface area (Å²) in [7, 11) is -7.37. The van der Waals surface area contributed by atoms with Gasteiger partial charge in [0, 0.05) is 43.3 Å². The van der Waals surface area contributed by atoms with Crippen LogP contribution in [-0.4, -0.2) is 68.4 Å². The Bertz CT molecular complexity index is 1770. The van der Waals surface area contributed by atoms with Crippen molar-refractivity contribution < 1.29 is 22.0 Å². The van der Waals surface area contributed by atoms with Crippen LogP contribution in [0.2, 0.25) is 0 Å². The van der Waals surface area contributed by atoms with Gasteiger partial charge in [-0.15, -0.1) is 0 Å². The summed E-state index contributed by atoms with van der Waals surface area (Å²) in [6, 6.07) is 20.2. The first-order chi connectivity index (χ1) is 20.4. The van der Waals surface area contributed by atoms with Crippen molar-refractivity contribution in [1.82, 2.24) is 9.21 Å². The minimum Gasteiger partial charge on any atom is -0.410 e. The highest BCUT2D eigenvalue weighted by Gasteiger charge is 2.37. The number of hydrogen-bond donors (Lipinski definition) is 1. The van der Waals surface area contributed by atoms with Gasteiger partial charge in [-0.1, -0.05) is 61.5 Å². The zero-order chi connectivity index (χ0) is 30.6. The summed E-state index contributed by atoms with van der Waals surface area (Å²) in [5.74, 6) is 0. The van der Waals surface area contributed by atoms with E-state index in [0.29, 0.717) is 55.7 Å². The molecule has 3 aliphatic rings. The average Bonchev–Trinajstić information content (AvgIpc) is 3.33. The summed E-state index contributed by atoms with van der Waals surface area (Å²) < 4.78 is 56.1. The summed E-state index contributed by atoms with van der Waals surface area (Å²) in [5, 5.41) is 13.1. The lowest BCUT2D eigenvalue weighted by Crippen LogP contribution is -2.49. The lowest BCUT2D eigenvalue weighted by atomic mass is 9.77. The number of oxime groups is 1. The van der Waals surface area contributed by atoms with E-state index in [9.17, 15) is 22.0 Å². The molecule has 0 amide bonds. The van der Waals surface area contributed by atoms with E-state index in [1.165, 1.54) is 9.87 Å². The predicted molar refractivity (Wildman–Crippen MR) is 168 cm³/mol. The van der Waals surface area contributed by atoms with Gasteiger partial charge in [0.1, 0.15) is 5.71 Å². The number of sulfone groups is 1. The first kappa shape index (κ1) is 30.0. The van der Waals surface area contributed by atoms with Crippen molar-refractivity contribution in [1.29, 1.82) is 0 Å². The van der Waals surface area contributed by atoms with Crippen LogP contribution in [0.3, 0.4) is 0 Å². The number of nitrogens with zero attached hydrogens (tertiary/aromatic N) is 3. The van der Waals surface area contributed by atoms with Gasteiger partial charge in [0.05, 0.1) is 15.0 Å². The molecule has 1 unspecified atom stereocenters. The molecule has 0 spiro atoms. The van der Waals surface area contributed by atoms with Crippen LogP contribution in [0.15, 0.2) is 81.7 Å². The Labute approximate surface area is 255 Å². The molecule has 1 atom stereocenters. The zero-order valence-corrected chi connectivity index (χ0v) is 26.5. The lowest BCUT2D eigenvalue weighted by Gasteiger charge is -2.37. The number of fused-ring (bicyclic) bond motifs is 3. The predicted octanol–water partition coefficient (Wildman–Crippen LogP) is 5.70. The van der Waals surface area contributed by atoms with Crippen LogP contribution in [0.1, 0.15) is 69.2 Å². The van der Waals surface area contributed by atoms with Crippen molar-refractivity contribution in [3.8, 4) is 11.1 Å². The van der Waals surface area contributed by atoms with Gasteiger partial charge in [-0.05, 0) is 79.0 Å². The zero-order valence-electron chi connectivity index (χ0n) is 24.9. The molecule has 3 aromatic rings. The molecule has 1 aliphatic heterocycles. The number of piperazine rings is 1. The SMILES string of the molecule is CC(c1ccccc1)N1CCN(S(=O)(=O)c2ccc3c(c2)C(=NO)c2cc(S(=O)(=O)C4CCC(C)(C)CC4)ccc2-3)CC1. The fourth-order valence-electron chi connectivity index (χ4n) is 6.80. The fraction of sp³-hybridized carbons (Fsp3) is 0.424. The van der Waals surface area contributed by atoms with Gasteiger partial charge in [0.25, 0.3) is 0 Å². The topological polar surface area (TPSA) is 107 Å². The molecule has 10 heteroatoms. The molecule has 2 fully saturated rings. The summed E-state index contributed by atoms with van der Waals surface area (Å²) in [4.78, 5) is 2.62. The van der Waals surface area contributed by atoms with Crippen molar-refractivity contribution in [3.63, 3.8) is 0 Å². The van der Waals surface area contributed by atoms with Gasteiger partial charge in [0.2, 0.25) is 10.0 Å². The number of rotatable bonds is 6. The Morgan fingerprint density at radius 2 is 1.35 bits per heavy atom. The summed E-state index contributed by atoms with van der Waals surface area (Å²) >= 11 is 0.